The van der Waals surface area contributed by atoms with Gasteiger partial charge in [-0.2, -0.15) is 0 Å². The third kappa shape index (κ3) is 56.6. The third-order valence-electron chi connectivity index (χ3n) is 12.7. The van der Waals surface area contributed by atoms with Gasteiger partial charge in [0.15, 0.2) is 0 Å². The number of phosphoric acid groups is 1. The van der Waals surface area contributed by atoms with Gasteiger partial charge < -0.3 is 28.8 Å². The molecule has 0 spiro atoms. The number of phosphoric ester groups is 1. The molecule has 0 aromatic heterocycles. The second-order valence-corrected chi connectivity index (χ2v) is 22.4. The molecule has 74 heavy (non-hydrogen) atoms. The monoisotopic (exact) mass is 1050 g/mol. The molecule has 0 heterocycles. The van der Waals surface area contributed by atoms with Gasteiger partial charge in [0.2, 0.25) is 5.91 Å². The molecule has 3 unspecified atom stereocenters. The van der Waals surface area contributed by atoms with Gasteiger partial charge in [0.1, 0.15) is 13.2 Å². The Kier molecular flexibility index (Phi) is 52.4. The average Bonchev–Trinajstić information content (AvgIpc) is 3.36. The smallest absolute Gasteiger partial charge is 0.268 e. The zero-order chi connectivity index (χ0) is 54.2. The lowest BCUT2D eigenvalue weighted by Crippen LogP contribution is -2.45. The molecule has 9 heteroatoms. The highest BCUT2D eigenvalue weighted by atomic mass is 31.2. The van der Waals surface area contributed by atoms with Crippen LogP contribution in [0.15, 0.2) is 122 Å². The number of hydrogen-bond acceptors (Lipinski definition) is 6. The molecule has 0 fully saturated rings. The topological polar surface area (TPSA) is 108 Å². The van der Waals surface area contributed by atoms with E-state index >= 15 is 0 Å². The molecule has 0 radical (unpaired) electrons. The summed E-state index contributed by atoms with van der Waals surface area (Å²) in [4.78, 5) is 25.5. The van der Waals surface area contributed by atoms with Crippen LogP contribution in [-0.2, 0) is 18.4 Å². The summed E-state index contributed by atoms with van der Waals surface area (Å²) in [5.74, 6) is -0.235. The van der Waals surface area contributed by atoms with Crippen LogP contribution >= 0.6 is 7.82 Å². The molecule has 0 aliphatic rings. The van der Waals surface area contributed by atoms with Crippen molar-refractivity contribution in [2.75, 3.05) is 40.9 Å². The van der Waals surface area contributed by atoms with Gasteiger partial charge in [-0.1, -0.05) is 251 Å². The first kappa shape index (κ1) is 70.9. The number of nitrogens with one attached hydrogen (secondary N) is 1. The van der Waals surface area contributed by atoms with Gasteiger partial charge in [0.05, 0.1) is 39.9 Å². The van der Waals surface area contributed by atoms with E-state index in [0.717, 1.165) is 96.3 Å². The van der Waals surface area contributed by atoms with E-state index in [2.05, 4.69) is 129 Å². The third-order valence-corrected chi connectivity index (χ3v) is 13.6. The second kappa shape index (κ2) is 54.7. The Bertz CT molecular complexity index is 1620. The Labute approximate surface area is 456 Å². The van der Waals surface area contributed by atoms with Crippen molar-refractivity contribution in [3.8, 4) is 0 Å². The number of aliphatic hydroxyl groups is 1. The first-order chi connectivity index (χ1) is 36.0. The van der Waals surface area contributed by atoms with E-state index in [1.807, 2.05) is 27.2 Å². The Hall–Kier alpha value is -3.10. The molecule has 8 nitrogen and oxygen atoms in total. The standard InChI is InChI=1S/C65H113N2O6P/c1-6-8-10-12-14-16-18-20-22-24-26-28-30-31-32-33-34-35-37-39-41-43-45-47-49-51-53-55-57-59-65(69)66-63(62-73-74(70,71)72-61-60-67(3,4)5)64(68)58-56-54-52-50-48-46-44-42-40-38-36-29-27-25-23-21-19-17-15-13-11-9-7-2/h8,10,14,16,20,22,26,28,31-32,34-35,39,41,45,47-48,50,56,58,63-64,68H,6-7,9,11-13,15,17-19,21,23-25,27,29-30,33,36-38,40,42-44,46,49,51-55,57,59-62H2,1-5H3,(H-,66,69,70,71)/b10-8-,16-14-,22-20-,28-26-,32-31-,35-34-,41-39-,47-45-,50-48+,58-56+. The van der Waals surface area contributed by atoms with Crippen LogP contribution in [0.3, 0.4) is 0 Å². The summed E-state index contributed by atoms with van der Waals surface area (Å²) in [6.45, 7) is 4.49. The number of aliphatic hydroxyl groups excluding tert-OH is 1. The van der Waals surface area contributed by atoms with E-state index in [0.29, 0.717) is 23.9 Å². The molecular formula is C65H113N2O6P. The number of quaternary nitrogens is 1. The Morgan fingerprint density at radius 2 is 0.838 bits per heavy atom. The molecule has 0 saturated heterocycles. The maximum absolute atomic E-state index is 13.0. The zero-order valence-corrected chi connectivity index (χ0v) is 49.1. The maximum atomic E-state index is 13.0. The number of unbranched alkanes of at least 4 members (excludes halogenated alkanes) is 22. The molecule has 0 aromatic rings. The lowest BCUT2D eigenvalue weighted by molar-refractivity contribution is -0.870. The van der Waals surface area contributed by atoms with Crippen molar-refractivity contribution < 1.29 is 32.9 Å². The fourth-order valence-corrected chi connectivity index (χ4v) is 8.73. The van der Waals surface area contributed by atoms with Gasteiger partial charge in [-0.25, -0.2) is 0 Å². The van der Waals surface area contributed by atoms with Crippen molar-refractivity contribution in [1.82, 2.24) is 5.32 Å². The fraction of sp³-hybridized carbons (Fsp3) is 0.677. The van der Waals surface area contributed by atoms with Crippen molar-refractivity contribution in [3.05, 3.63) is 122 Å². The number of rotatable bonds is 53. The van der Waals surface area contributed by atoms with Gasteiger partial charge in [-0.15, -0.1) is 0 Å². The highest BCUT2D eigenvalue weighted by Gasteiger charge is 2.23. The van der Waals surface area contributed by atoms with Crippen molar-refractivity contribution in [2.24, 2.45) is 0 Å². The normalized spacial score (nSPS) is 14.7. The van der Waals surface area contributed by atoms with Crippen LogP contribution in [0.2, 0.25) is 0 Å². The van der Waals surface area contributed by atoms with E-state index in [4.69, 9.17) is 9.05 Å². The summed E-state index contributed by atoms with van der Waals surface area (Å²) in [5, 5.41) is 13.9. The van der Waals surface area contributed by atoms with Crippen molar-refractivity contribution >= 4 is 13.7 Å². The van der Waals surface area contributed by atoms with Gasteiger partial charge in [-0.05, 0) is 96.3 Å². The Balaban J connectivity index is 4.35. The Morgan fingerprint density at radius 3 is 1.26 bits per heavy atom. The maximum Gasteiger partial charge on any atom is 0.268 e. The number of nitrogens with zero attached hydrogens (tertiary/aromatic N) is 1. The number of carbonyl (C=O) groups is 1. The molecule has 0 saturated carbocycles. The number of amides is 1. The molecule has 0 aromatic carbocycles. The molecule has 0 rings (SSSR count). The molecule has 0 aliphatic heterocycles. The highest BCUT2D eigenvalue weighted by molar-refractivity contribution is 7.45. The van der Waals surface area contributed by atoms with Crippen LogP contribution in [-0.4, -0.2) is 68.5 Å². The molecule has 2 N–H and O–H groups in total. The summed E-state index contributed by atoms with van der Waals surface area (Å²) in [5.41, 5.74) is 0. The molecule has 1 amide bonds. The van der Waals surface area contributed by atoms with Crippen LogP contribution in [0, 0.1) is 0 Å². The fourth-order valence-electron chi connectivity index (χ4n) is 8.01. The summed E-state index contributed by atoms with van der Waals surface area (Å²) >= 11 is 0. The number of hydrogen-bond donors (Lipinski definition) is 2. The lowest BCUT2D eigenvalue weighted by atomic mass is 10.0. The van der Waals surface area contributed by atoms with Gasteiger partial charge >= 0.3 is 0 Å². The molecule has 0 aliphatic carbocycles. The molecule has 3 atom stereocenters. The van der Waals surface area contributed by atoms with Gasteiger partial charge in [0.25, 0.3) is 7.82 Å². The predicted molar refractivity (Wildman–Crippen MR) is 320 cm³/mol. The van der Waals surface area contributed by atoms with Crippen molar-refractivity contribution in [3.63, 3.8) is 0 Å². The highest BCUT2D eigenvalue weighted by Crippen LogP contribution is 2.38. The summed E-state index contributed by atoms with van der Waals surface area (Å²) in [6, 6.07) is -0.928. The minimum absolute atomic E-state index is 0.0185. The summed E-state index contributed by atoms with van der Waals surface area (Å²) in [6.07, 6.45) is 81.4. The zero-order valence-electron chi connectivity index (χ0n) is 48.2. The minimum atomic E-state index is -4.62. The number of carbonyl (C=O) groups excluding carboxylic acids is 1. The SMILES string of the molecule is CC/C=C\C/C=C\C/C=C\C/C=C\C/C=C\C/C=C\C/C=C\C/C=C\CCCCCCC(=O)NC(COP(=O)([O-])OCC[N+](C)(C)C)C(O)/C=C/CC/C=C/CCCCCCCCCCCCCCCCCCC. The predicted octanol–water partition coefficient (Wildman–Crippen LogP) is 17.9. The molecular weight excluding hydrogens is 936 g/mol. The summed E-state index contributed by atoms with van der Waals surface area (Å²) in [7, 11) is 1.21. The average molecular weight is 1050 g/mol. The van der Waals surface area contributed by atoms with Crippen LogP contribution in [0.1, 0.15) is 232 Å². The molecule has 0 bridgehead atoms. The van der Waals surface area contributed by atoms with Gasteiger partial charge in [0, 0.05) is 6.42 Å². The van der Waals surface area contributed by atoms with Crippen molar-refractivity contribution in [1.29, 1.82) is 0 Å². The van der Waals surface area contributed by atoms with Crippen LogP contribution in [0.4, 0.5) is 0 Å². The second-order valence-electron chi connectivity index (χ2n) is 21.0. The van der Waals surface area contributed by atoms with Crippen LogP contribution in [0.25, 0.3) is 0 Å². The lowest BCUT2D eigenvalue weighted by Gasteiger charge is -2.29. The van der Waals surface area contributed by atoms with E-state index < -0.39 is 26.6 Å². The first-order valence-electron chi connectivity index (χ1n) is 29.9. The van der Waals surface area contributed by atoms with E-state index in [1.54, 1.807) is 6.08 Å². The number of allylic oxidation sites excluding steroid dienone is 19. The van der Waals surface area contributed by atoms with E-state index in [9.17, 15) is 19.4 Å². The summed E-state index contributed by atoms with van der Waals surface area (Å²) < 4.78 is 23.3. The molecule has 424 valence electrons. The quantitative estimate of drug-likeness (QED) is 0.0272. The van der Waals surface area contributed by atoms with E-state index in [1.165, 1.54) is 109 Å². The number of likely N-dealkylation sites (N-methyl/N-ethyl adjacent to an activating group) is 1. The van der Waals surface area contributed by atoms with Gasteiger partial charge in [-0.3, -0.25) is 9.36 Å². The van der Waals surface area contributed by atoms with Crippen LogP contribution < -0.4 is 10.2 Å². The van der Waals surface area contributed by atoms with Crippen molar-refractivity contribution in [2.45, 2.75) is 244 Å². The minimum Gasteiger partial charge on any atom is -0.756 e. The first-order valence-corrected chi connectivity index (χ1v) is 31.4. The largest absolute Gasteiger partial charge is 0.756 e. The van der Waals surface area contributed by atoms with E-state index in [-0.39, 0.29) is 12.5 Å². The van der Waals surface area contributed by atoms with Crippen LogP contribution in [0.5, 0.6) is 0 Å². The Morgan fingerprint density at radius 1 is 0.486 bits per heavy atom.